The Labute approximate surface area is 125 Å². The van der Waals surface area contributed by atoms with Gasteiger partial charge in [0.25, 0.3) is 5.91 Å². The van der Waals surface area contributed by atoms with Gasteiger partial charge in [-0.25, -0.2) is 8.78 Å². The molecular weight excluding hydrogens is 300 g/mol. The molecule has 0 fully saturated rings. The zero-order chi connectivity index (χ0) is 15.6. The molecule has 0 saturated heterocycles. The van der Waals surface area contributed by atoms with Crippen LogP contribution in [0.2, 0.25) is 5.02 Å². The van der Waals surface area contributed by atoms with E-state index >= 15 is 0 Å². The zero-order valence-electron chi connectivity index (χ0n) is 11.1. The number of hydrogen-bond acceptors (Lipinski definition) is 2. The second kappa shape index (κ2) is 6.10. The molecule has 0 unspecified atom stereocenters. The average molecular weight is 312 g/mol. The van der Waals surface area contributed by atoms with E-state index in [9.17, 15) is 18.7 Å². The quantitative estimate of drug-likeness (QED) is 0.871. The van der Waals surface area contributed by atoms with Crippen molar-refractivity contribution in [1.82, 2.24) is 0 Å². The van der Waals surface area contributed by atoms with Crippen LogP contribution in [0, 0.1) is 11.6 Å². The van der Waals surface area contributed by atoms with Crippen molar-refractivity contribution in [2.45, 2.75) is 6.92 Å². The molecule has 0 heterocycles. The van der Waals surface area contributed by atoms with Crippen LogP contribution in [0.4, 0.5) is 14.5 Å². The van der Waals surface area contributed by atoms with Crippen LogP contribution >= 0.6 is 11.6 Å². The highest BCUT2D eigenvalue weighted by molar-refractivity contribution is 6.30. The maximum atomic E-state index is 13.8. The fourth-order valence-corrected chi connectivity index (χ4v) is 2.09. The standard InChI is InChI=1S/C15H12ClF2NO2/c1-2-19(9-4-3-5-10(20)6-9)15(21)11-7-14(18)12(16)8-13(11)17/h3-8,20H,2H2,1H3. The third-order valence-corrected chi connectivity index (χ3v) is 3.23. The van der Waals surface area contributed by atoms with Gasteiger partial charge in [-0.3, -0.25) is 4.79 Å². The summed E-state index contributed by atoms with van der Waals surface area (Å²) in [6.07, 6.45) is 0. The first kappa shape index (κ1) is 15.3. The van der Waals surface area contributed by atoms with Gasteiger partial charge in [0, 0.05) is 18.3 Å². The third kappa shape index (κ3) is 3.13. The lowest BCUT2D eigenvalue weighted by Crippen LogP contribution is -2.31. The molecule has 0 aromatic heterocycles. The lowest BCUT2D eigenvalue weighted by atomic mass is 10.1. The fourth-order valence-electron chi connectivity index (χ4n) is 1.94. The molecule has 2 aromatic rings. The second-order valence-corrected chi connectivity index (χ2v) is 4.72. The summed E-state index contributed by atoms with van der Waals surface area (Å²) in [7, 11) is 0. The molecular formula is C15H12ClF2NO2. The van der Waals surface area contributed by atoms with Gasteiger partial charge in [0.2, 0.25) is 0 Å². The molecule has 6 heteroatoms. The molecule has 1 N–H and O–H groups in total. The largest absolute Gasteiger partial charge is 0.508 e. The summed E-state index contributed by atoms with van der Waals surface area (Å²) in [5, 5.41) is 9.07. The van der Waals surface area contributed by atoms with E-state index in [2.05, 4.69) is 0 Å². The highest BCUT2D eigenvalue weighted by Crippen LogP contribution is 2.25. The van der Waals surface area contributed by atoms with E-state index in [0.717, 1.165) is 12.1 Å². The number of hydrogen-bond donors (Lipinski definition) is 1. The van der Waals surface area contributed by atoms with Crippen LogP contribution in [0.1, 0.15) is 17.3 Å². The van der Waals surface area contributed by atoms with E-state index in [1.54, 1.807) is 19.1 Å². The van der Waals surface area contributed by atoms with Gasteiger partial charge in [-0.1, -0.05) is 17.7 Å². The van der Waals surface area contributed by atoms with E-state index in [-0.39, 0.29) is 17.3 Å². The number of carbonyl (C=O) groups excluding carboxylic acids is 1. The molecule has 3 nitrogen and oxygen atoms in total. The van der Waals surface area contributed by atoms with Crippen molar-refractivity contribution in [2.75, 3.05) is 11.4 Å². The minimum atomic E-state index is -0.898. The molecule has 21 heavy (non-hydrogen) atoms. The maximum Gasteiger partial charge on any atom is 0.261 e. The molecule has 0 spiro atoms. The van der Waals surface area contributed by atoms with Gasteiger partial charge in [0.05, 0.1) is 10.6 Å². The molecule has 0 atom stereocenters. The van der Waals surface area contributed by atoms with Gasteiger partial charge in [-0.05, 0) is 31.2 Å². The Hall–Kier alpha value is -2.14. The van der Waals surface area contributed by atoms with Crippen molar-refractivity contribution < 1.29 is 18.7 Å². The Morgan fingerprint density at radius 1 is 1.24 bits per heavy atom. The second-order valence-electron chi connectivity index (χ2n) is 4.32. The van der Waals surface area contributed by atoms with Crippen LogP contribution in [0.25, 0.3) is 0 Å². The summed E-state index contributed by atoms with van der Waals surface area (Å²) in [6, 6.07) is 7.49. The minimum Gasteiger partial charge on any atom is -0.508 e. The number of phenolic OH excluding ortho intramolecular Hbond substituents is 1. The summed E-state index contributed by atoms with van der Waals surface area (Å²) >= 11 is 5.47. The molecule has 0 bridgehead atoms. The number of benzene rings is 2. The number of rotatable bonds is 3. The van der Waals surface area contributed by atoms with Crippen molar-refractivity contribution in [1.29, 1.82) is 0 Å². The van der Waals surface area contributed by atoms with Crippen molar-refractivity contribution >= 4 is 23.2 Å². The summed E-state index contributed by atoms with van der Waals surface area (Å²) in [5.74, 6) is -2.50. The number of nitrogens with zero attached hydrogens (tertiary/aromatic N) is 1. The average Bonchev–Trinajstić information content (AvgIpc) is 2.43. The number of anilines is 1. The van der Waals surface area contributed by atoms with Gasteiger partial charge < -0.3 is 10.0 Å². The van der Waals surface area contributed by atoms with Crippen LogP contribution in [0.15, 0.2) is 36.4 Å². The molecule has 0 radical (unpaired) electrons. The van der Waals surface area contributed by atoms with Crippen molar-refractivity contribution in [3.63, 3.8) is 0 Å². The minimum absolute atomic E-state index is 0.0264. The Kier molecular flexibility index (Phi) is 4.43. The molecule has 0 saturated carbocycles. The summed E-state index contributed by atoms with van der Waals surface area (Å²) in [6.45, 7) is 1.91. The van der Waals surface area contributed by atoms with Crippen LogP contribution in [0.5, 0.6) is 5.75 Å². The van der Waals surface area contributed by atoms with E-state index in [1.165, 1.54) is 17.0 Å². The number of carbonyl (C=O) groups is 1. The van der Waals surface area contributed by atoms with E-state index in [4.69, 9.17) is 11.6 Å². The van der Waals surface area contributed by atoms with Gasteiger partial charge >= 0.3 is 0 Å². The first-order chi connectivity index (χ1) is 9.93. The molecule has 0 aliphatic heterocycles. The van der Waals surface area contributed by atoms with Crippen LogP contribution in [0.3, 0.4) is 0 Å². The first-order valence-electron chi connectivity index (χ1n) is 6.19. The van der Waals surface area contributed by atoms with Crippen molar-refractivity contribution in [3.8, 4) is 5.75 Å². The Morgan fingerprint density at radius 2 is 1.95 bits per heavy atom. The highest BCUT2D eigenvalue weighted by atomic mass is 35.5. The monoisotopic (exact) mass is 311 g/mol. The van der Waals surface area contributed by atoms with Crippen LogP contribution in [-0.2, 0) is 0 Å². The van der Waals surface area contributed by atoms with Crippen LogP contribution < -0.4 is 4.90 Å². The van der Waals surface area contributed by atoms with Crippen molar-refractivity contribution in [2.24, 2.45) is 0 Å². The van der Waals surface area contributed by atoms with E-state index in [1.807, 2.05) is 0 Å². The van der Waals surface area contributed by atoms with Crippen molar-refractivity contribution in [3.05, 3.63) is 58.6 Å². The maximum absolute atomic E-state index is 13.8. The smallest absolute Gasteiger partial charge is 0.261 e. The molecule has 110 valence electrons. The van der Waals surface area contributed by atoms with E-state index < -0.39 is 23.1 Å². The summed E-state index contributed by atoms with van der Waals surface area (Å²) in [4.78, 5) is 13.6. The summed E-state index contributed by atoms with van der Waals surface area (Å²) in [5.41, 5.74) is -0.0284. The molecule has 2 rings (SSSR count). The Balaban J connectivity index is 2.44. The van der Waals surface area contributed by atoms with Gasteiger partial charge in [0.1, 0.15) is 17.4 Å². The summed E-state index contributed by atoms with van der Waals surface area (Å²) < 4.78 is 27.3. The molecule has 0 aliphatic rings. The molecule has 0 aliphatic carbocycles. The lowest BCUT2D eigenvalue weighted by Gasteiger charge is -2.21. The highest BCUT2D eigenvalue weighted by Gasteiger charge is 2.21. The predicted molar refractivity (Wildman–Crippen MR) is 76.8 cm³/mol. The zero-order valence-corrected chi connectivity index (χ0v) is 11.9. The third-order valence-electron chi connectivity index (χ3n) is 2.94. The topological polar surface area (TPSA) is 40.5 Å². The van der Waals surface area contributed by atoms with Crippen LogP contribution in [-0.4, -0.2) is 17.6 Å². The predicted octanol–water partition coefficient (Wildman–Crippen LogP) is 3.99. The van der Waals surface area contributed by atoms with Gasteiger partial charge in [-0.2, -0.15) is 0 Å². The molecule has 2 aromatic carbocycles. The first-order valence-corrected chi connectivity index (χ1v) is 6.57. The number of halogens is 3. The van der Waals surface area contributed by atoms with Gasteiger partial charge in [-0.15, -0.1) is 0 Å². The SMILES string of the molecule is CCN(C(=O)c1cc(F)c(Cl)cc1F)c1cccc(O)c1. The van der Waals surface area contributed by atoms with Gasteiger partial charge in [0.15, 0.2) is 0 Å². The Morgan fingerprint density at radius 3 is 2.57 bits per heavy atom. The number of phenols is 1. The lowest BCUT2D eigenvalue weighted by molar-refractivity contribution is 0.0984. The normalized spacial score (nSPS) is 10.5. The van der Waals surface area contributed by atoms with E-state index in [0.29, 0.717) is 5.69 Å². The molecule has 1 amide bonds. The fraction of sp³-hybridized carbons (Fsp3) is 0.133. The number of amides is 1. The number of aromatic hydroxyl groups is 1. The Bertz CT molecular complexity index is 691.